The summed E-state index contributed by atoms with van der Waals surface area (Å²) in [5, 5.41) is 0. The highest BCUT2D eigenvalue weighted by Crippen LogP contribution is 2.27. The number of carbonyl (C=O) groups excluding carboxylic acids is 1. The number of aromatic nitrogens is 2. The first-order chi connectivity index (χ1) is 10.1. The van der Waals surface area contributed by atoms with Crippen molar-refractivity contribution >= 4 is 22.9 Å². The van der Waals surface area contributed by atoms with Gasteiger partial charge in [-0.1, -0.05) is 13.0 Å². The molecule has 114 valence electrons. The van der Waals surface area contributed by atoms with E-state index in [9.17, 15) is 4.79 Å². The summed E-state index contributed by atoms with van der Waals surface area (Å²) < 4.78 is 12.7. The van der Waals surface area contributed by atoms with Gasteiger partial charge >= 0.3 is 0 Å². The molecule has 2 rings (SSSR count). The smallest absolute Gasteiger partial charge is 0.243 e. The van der Waals surface area contributed by atoms with Crippen LogP contribution in [0.4, 0.5) is 5.95 Å². The topological polar surface area (TPSA) is 105 Å². The predicted octanol–water partition coefficient (Wildman–Crippen LogP) is 0.909. The number of carbonyl (C=O) groups is 1. The Kier molecular flexibility index (Phi) is 4.99. The van der Waals surface area contributed by atoms with Crippen LogP contribution in [0.1, 0.15) is 13.3 Å². The minimum atomic E-state index is -0.492. The van der Waals surface area contributed by atoms with Gasteiger partial charge in [-0.3, -0.25) is 4.79 Å². The van der Waals surface area contributed by atoms with E-state index in [2.05, 4.69) is 4.98 Å². The Balaban J connectivity index is 2.16. The fraction of sp³-hybridized carbons (Fsp3) is 0.429. The van der Waals surface area contributed by atoms with Gasteiger partial charge in [0.2, 0.25) is 11.9 Å². The average molecular weight is 292 g/mol. The number of fused-ring (bicyclic) bond motifs is 1. The zero-order chi connectivity index (χ0) is 15.2. The van der Waals surface area contributed by atoms with Gasteiger partial charge in [-0.25, -0.2) is 4.98 Å². The minimum Gasteiger partial charge on any atom is -0.491 e. The van der Waals surface area contributed by atoms with E-state index in [4.69, 9.17) is 20.9 Å². The molecule has 0 atom stereocenters. The molecule has 1 heterocycles. The largest absolute Gasteiger partial charge is 0.491 e. The molecular formula is C14H20N4O3. The number of rotatable bonds is 8. The molecule has 0 spiro atoms. The number of nitrogens with zero attached hydrogens (tertiary/aromatic N) is 2. The fourth-order valence-corrected chi connectivity index (χ4v) is 2.03. The van der Waals surface area contributed by atoms with Crippen molar-refractivity contribution in [3.63, 3.8) is 0 Å². The van der Waals surface area contributed by atoms with E-state index < -0.39 is 5.91 Å². The number of imidazole rings is 1. The second-order valence-electron chi connectivity index (χ2n) is 4.61. The Morgan fingerprint density at radius 1 is 1.38 bits per heavy atom. The van der Waals surface area contributed by atoms with Gasteiger partial charge in [-0.2, -0.15) is 0 Å². The third-order valence-electron chi connectivity index (χ3n) is 2.94. The number of para-hydroxylation sites is 1. The molecule has 0 aliphatic heterocycles. The highest BCUT2D eigenvalue weighted by molar-refractivity contribution is 5.84. The summed E-state index contributed by atoms with van der Waals surface area (Å²) in [6, 6.07) is 5.69. The Labute approximate surface area is 122 Å². The zero-order valence-electron chi connectivity index (χ0n) is 12.0. The van der Waals surface area contributed by atoms with Crippen molar-refractivity contribution in [3.05, 3.63) is 18.2 Å². The number of benzene rings is 1. The SMILES string of the molecule is CCCOc1cccc2c1nc(N)n2CCOCC(N)=O. The zero-order valence-corrected chi connectivity index (χ0v) is 12.0. The molecule has 0 saturated heterocycles. The third-order valence-corrected chi connectivity index (χ3v) is 2.94. The van der Waals surface area contributed by atoms with E-state index in [1.165, 1.54) is 0 Å². The monoisotopic (exact) mass is 292 g/mol. The van der Waals surface area contributed by atoms with E-state index in [1.54, 1.807) is 0 Å². The summed E-state index contributed by atoms with van der Waals surface area (Å²) >= 11 is 0. The van der Waals surface area contributed by atoms with Gasteiger partial charge in [0.05, 0.1) is 18.7 Å². The predicted molar refractivity (Wildman–Crippen MR) is 79.9 cm³/mol. The molecule has 0 bridgehead atoms. The second kappa shape index (κ2) is 6.94. The van der Waals surface area contributed by atoms with Crippen molar-refractivity contribution in [1.82, 2.24) is 9.55 Å². The van der Waals surface area contributed by atoms with E-state index in [1.807, 2.05) is 29.7 Å². The Morgan fingerprint density at radius 2 is 2.19 bits per heavy atom. The van der Waals surface area contributed by atoms with Crippen molar-refractivity contribution in [2.45, 2.75) is 19.9 Å². The summed E-state index contributed by atoms with van der Waals surface area (Å²) in [5.41, 5.74) is 12.6. The molecule has 0 saturated carbocycles. The van der Waals surface area contributed by atoms with Crippen LogP contribution in [0.15, 0.2) is 18.2 Å². The van der Waals surface area contributed by atoms with Crippen molar-refractivity contribution in [2.75, 3.05) is 25.6 Å². The average Bonchev–Trinajstić information content (AvgIpc) is 2.77. The van der Waals surface area contributed by atoms with Crippen LogP contribution in [-0.2, 0) is 16.1 Å². The summed E-state index contributed by atoms with van der Waals surface area (Å²) in [6.45, 7) is 3.40. The lowest BCUT2D eigenvalue weighted by molar-refractivity contribution is -0.122. The molecule has 1 aromatic heterocycles. The maximum absolute atomic E-state index is 10.6. The highest BCUT2D eigenvalue weighted by atomic mass is 16.5. The highest BCUT2D eigenvalue weighted by Gasteiger charge is 2.12. The first-order valence-corrected chi connectivity index (χ1v) is 6.87. The van der Waals surface area contributed by atoms with Crippen LogP contribution in [0.5, 0.6) is 5.75 Å². The van der Waals surface area contributed by atoms with E-state index >= 15 is 0 Å². The quantitative estimate of drug-likeness (QED) is 0.703. The van der Waals surface area contributed by atoms with Gasteiger partial charge in [0.25, 0.3) is 0 Å². The number of amides is 1. The molecular weight excluding hydrogens is 272 g/mol. The maximum Gasteiger partial charge on any atom is 0.243 e. The van der Waals surface area contributed by atoms with Crippen molar-refractivity contribution in [3.8, 4) is 5.75 Å². The lowest BCUT2D eigenvalue weighted by Crippen LogP contribution is -2.20. The van der Waals surface area contributed by atoms with Crippen LogP contribution in [0.2, 0.25) is 0 Å². The van der Waals surface area contributed by atoms with Crippen LogP contribution in [0, 0.1) is 0 Å². The van der Waals surface area contributed by atoms with Gasteiger partial charge in [0.1, 0.15) is 17.9 Å². The molecule has 21 heavy (non-hydrogen) atoms. The minimum absolute atomic E-state index is 0.0998. The standard InChI is InChI=1S/C14H20N4O3/c1-2-7-21-11-5-3-4-10-13(11)17-14(16)18(10)6-8-20-9-12(15)19/h3-5H,2,6-9H2,1H3,(H2,15,19)(H2,16,17). The second-order valence-corrected chi connectivity index (χ2v) is 4.61. The van der Waals surface area contributed by atoms with E-state index in [-0.39, 0.29) is 6.61 Å². The molecule has 0 aliphatic carbocycles. The number of hydrogen-bond acceptors (Lipinski definition) is 5. The number of nitrogens with two attached hydrogens (primary N) is 2. The number of anilines is 1. The van der Waals surface area contributed by atoms with Crippen molar-refractivity contribution in [2.24, 2.45) is 5.73 Å². The third kappa shape index (κ3) is 3.63. The summed E-state index contributed by atoms with van der Waals surface area (Å²) in [5.74, 6) is 0.617. The Morgan fingerprint density at radius 3 is 2.90 bits per heavy atom. The molecule has 7 nitrogen and oxygen atoms in total. The van der Waals surface area contributed by atoms with Gasteiger partial charge < -0.3 is 25.5 Å². The molecule has 1 aromatic carbocycles. The lowest BCUT2D eigenvalue weighted by atomic mass is 10.3. The number of hydrogen-bond donors (Lipinski definition) is 2. The lowest BCUT2D eigenvalue weighted by Gasteiger charge is -2.08. The first kappa shape index (κ1) is 15.1. The van der Waals surface area contributed by atoms with Crippen molar-refractivity contribution < 1.29 is 14.3 Å². The van der Waals surface area contributed by atoms with Crippen LogP contribution < -0.4 is 16.2 Å². The normalized spacial score (nSPS) is 10.9. The van der Waals surface area contributed by atoms with Crippen LogP contribution in [0.25, 0.3) is 11.0 Å². The molecule has 4 N–H and O–H groups in total. The summed E-state index contributed by atoms with van der Waals surface area (Å²) in [4.78, 5) is 15.0. The molecule has 0 fully saturated rings. The van der Waals surface area contributed by atoms with Gasteiger partial charge in [-0.05, 0) is 18.6 Å². The van der Waals surface area contributed by atoms with Crippen LogP contribution in [-0.4, -0.2) is 35.3 Å². The molecule has 2 aromatic rings. The van der Waals surface area contributed by atoms with Gasteiger partial charge in [0, 0.05) is 6.54 Å². The Hall–Kier alpha value is -2.28. The fourth-order valence-electron chi connectivity index (χ4n) is 2.03. The molecule has 7 heteroatoms. The number of primary amides is 1. The van der Waals surface area contributed by atoms with E-state index in [0.717, 1.165) is 23.2 Å². The van der Waals surface area contributed by atoms with Crippen LogP contribution in [0.3, 0.4) is 0 Å². The Bertz CT molecular complexity index is 624. The van der Waals surface area contributed by atoms with Gasteiger partial charge in [0.15, 0.2) is 0 Å². The number of nitrogen functional groups attached to an aromatic ring is 1. The van der Waals surface area contributed by atoms with Crippen LogP contribution >= 0.6 is 0 Å². The molecule has 0 unspecified atom stereocenters. The van der Waals surface area contributed by atoms with Gasteiger partial charge in [-0.15, -0.1) is 0 Å². The number of ether oxygens (including phenoxy) is 2. The maximum atomic E-state index is 10.6. The molecule has 0 radical (unpaired) electrons. The molecule has 0 aliphatic rings. The summed E-state index contributed by atoms with van der Waals surface area (Å²) in [7, 11) is 0. The van der Waals surface area contributed by atoms with E-state index in [0.29, 0.717) is 25.7 Å². The summed E-state index contributed by atoms with van der Waals surface area (Å²) in [6.07, 6.45) is 0.924. The van der Waals surface area contributed by atoms with Crippen molar-refractivity contribution in [1.29, 1.82) is 0 Å². The first-order valence-electron chi connectivity index (χ1n) is 6.87. The molecule has 1 amide bonds.